The van der Waals surface area contributed by atoms with Crippen molar-refractivity contribution in [2.45, 2.75) is 30.9 Å². The second-order valence-corrected chi connectivity index (χ2v) is 8.63. The van der Waals surface area contributed by atoms with Gasteiger partial charge in [0.2, 0.25) is 0 Å². The van der Waals surface area contributed by atoms with Crippen LogP contribution < -0.4 is 10.5 Å². The predicted molar refractivity (Wildman–Crippen MR) is 77.1 cm³/mol. The molecule has 6 heteroatoms. The van der Waals surface area contributed by atoms with Crippen LogP contribution in [0.25, 0.3) is 0 Å². The lowest BCUT2D eigenvalue weighted by atomic mass is 10.1. The lowest BCUT2D eigenvalue weighted by Crippen LogP contribution is -2.45. The second-order valence-electron chi connectivity index (χ2n) is 5.62. The van der Waals surface area contributed by atoms with Crippen molar-refractivity contribution >= 4 is 25.8 Å². The fourth-order valence-electron chi connectivity index (χ4n) is 2.26. The van der Waals surface area contributed by atoms with Gasteiger partial charge < -0.3 is 10.5 Å². The van der Waals surface area contributed by atoms with Gasteiger partial charge in [-0.3, -0.25) is 0 Å². The maximum Gasteiger partial charge on any atom is 0.157 e. The Bertz CT molecular complexity index is 598. The fraction of sp³-hybridized carbons (Fsp3) is 0.538. The number of halogens is 1. The summed E-state index contributed by atoms with van der Waals surface area (Å²) in [6.45, 7) is 0. The number of hydrogen-bond donors (Lipinski definition) is 1. The Kier molecular flexibility index (Phi) is 3.15. The summed E-state index contributed by atoms with van der Waals surface area (Å²) in [5.41, 5.74) is 7.27. The zero-order valence-electron chi connectivity index (χ0n) is 10.4. The van der Waals surface area contributed by atoms with Gasteiger partial charge in [0.05, 0.1) is 16.0 Å². The first kappa shape index (κ1) is 13.4. The first-order valence-corrected chi connectivity index (χ1v) is 8.91. The molecule has 0 atom stereocenters. The van der Waals surface area contributed by atoms with E-state index in [4.69, 9.17) is 10.5 Å². The molecule has 2 fully saturated rings. The summed E-state index contributed by atoms with van der Waals surface area (Å²) in [6.07, 6.45) is 2.84. The van der Waals surface area contributed by atoms with E-state index in [-0.39, 0.29) is 23.1 Å². The zero-order valence-corrected chi connectivity index (χ0v) is 12.8. The van der Waals surface area contributed by atoms with Gasteiger partial charge in [-0.1, -0.05) is 6.07 Å². The molecule has 4 nitrogen and oxygen atoms in total. The third kappa shape index (κ3) is 3.12. The molecule has 1 aromatic rings. The van der Waals surface area contributed by atoms with Gasteiger partial charge in [0.25, 0.3) is 0 Å². The van der Waals surface area contributed by atoms with Gasteiger partial charge in [-0.15, -0.1) is 0 Å². The molecule has 3 rings (SSSR count). The molecular weight excluding hydrogens is 330 g/mol. The van der Waals surface area contributed by atoms with Crippen LogP contribution in [-0.4, -0.2) is 31.6 Å². The molecule has 0 spiro atoms. The van der Waals surface area contributed by atoms with Crippen LogP contribution in [0.4, 0.5) is 0 Å². The highest BCUT2D eigenvalue weighted by Crippen LogP contribution is 2.37. The first-order chi connectivity index (χ1) is 8.85. The molecule has 2 N–H and O–H groups in total. The van der Waals surface area contributed by atoms with E-state index in [1.54, 1.807) is 0 Å². The van der Waals surface area contributed by atoms with Crippen molar-refractivity contribution in [3.63, 3.8) is 0 Å². The van der Waals surface area contributed by atoms with E-state index in [1.165, 1.54) is 5.56 Å². The molecule has 1 aliphatic carbocycles. The lowest BCUT2D eigenvalue weighted by Gasteiger charge is -2.27. The van der Waals surface area contributed by atoms with Gasteiger partial charge in [-0.2, -0.15) is 0 Å². The highest BCUT2D eigenvalue weighted by molar-refractivity contribution is 9.10. The van der Waals surface area contributed by atoms with E-state index >= 15 is 0 Å². The minimum Gasteiger partial charge on any atom is -0.487 e. The van der Waals surface area contributed by atoms with Crippen molar-refractivity contribution < 1.29 is 13.2 Å². The Morgan fingerprint density at radius 1 is 1.37 bits per heavy atom. The average molecular weight is 346 g/mol. The van der Waals surface area contributed by atoms with Crippen molar-refractivity contribution in [2.75, 3.05) is 11.5 Å². The van der Waals surface area contributed by atoms with Gasteiger partial charge in [0, 0.05) is 5.54 Å². The van der Waals surface area contributed by atoms with Gasteiger partial charge in [0.1, 0.15) is 11.9 Å². The first-order valence-electron chi connectivity index (χ1n) is 6.30. The predicted octanol–water partition coefficient (Wildman–Crippen LogP) is 1.66. The van der Waals surface area contributed by atoms with Crippen LogP contribution in [0.5, 0.6) is 5.75 Å². The maximum atomic E-state index is 11.1. The molecule has 1 saturated heterocycles. The molecule has 1 aliphatic heterocycles. The Morgan fingerprint density at radius 3 is 2.58 bits per heavy atom. The van der Waals surface area contributed by atoms with Gasteiger partial charge in [-0.25, -0.2) is 8.42 Å². The van der Waals surface area contributed by atoms with Crippen molar-refractivity contribution in [1.82, 2.24) is 0 Å². The SMILES string of the molecule is NC1(Cc2ccc(OC3CS(=O)(=O)C3)c(Br)c2)CC1. The number of sulfone groups is 1. The summed E-state index contributed by atoms with van der Waals surface area (Å²) in [7, 11) is -2.84. The summed E-state index contributed by atoms with van der Waals surface area (Å²) in [6, 6.07) is 5.89. The molecule has 0 aromatic heterocycles. The van der Waals surface area contributed by atoms with E-state index in [9.17, 15) is 8.42 Å². The van der Waals surface area contributed by atoms with Crippen LogP contribution >= 0.6 is 15.9 Å². The average Bonchev–Trinajstić information content (AvgIpc) is 2.97. The summed E-state index contributed by atoms with van der Waals surface area (Å²) < 4.78 is 28.7. The van der Waals surface area contributed by atoms with Crippen LogP contribution in [-0.2, 0) is 16.3 Å². The van der Waals surface area contributed by atoms with E-state index in [0.717, 1.165) is 23.7 Å². The van der Waals surface area contributed by atoms with E-state index in [1.807, 2.05) is 18.2 Å². The van der Waals surface area contributed by atoms with Crippen LogP contribution in [0.2, 0.25) is 0 Å². The minimum atomic E-state index is -2.84. The highest BCUT2D eigenvalue weighted by atomic mass is 79.9. The Labute approximate surface area is 121 Å². The largest absolute Gasteiger partial charge is 0.487 e. The van der Waals surface area contributed by atoms with Crippen LogP contribution in [0.15, 0.2) is 22.7 Å². The van der Waals surface area contributed by atoms with Gasteiger partial charge >= 0.3 is 0 Å². The Morgan fingerprint density at radius 2 is 2.05 bits per heavy atom. The van der Waals surface area contributed by atoms with Crippen molar-refractivity contribution in [2.24, 2.45) is 5.73 Å². The van der Waals surface area contributed by atoms with Gasteiger partial charge in [0.15, 0.2) is 9.84 Å². The van der Waals surface area contributed by atoms with Crippen molar-refractivity contribution in [3.05, 3.63) is 28.2 Å². The fourth-order valence-corrected chi connectivity index (χ4v) is 3.95. The zero-order chi connectivity index (χ0) is 13.7. The molecule has 1 aromatic carbocycles. The molecule has 104 valence electrons. The van der Waals surface area contributed by atoms with Crippen LogP contribution in [0.3, 0.4) is 0 Å². The Hall–Kier alpha value is -0.590. The smallest absolute Gasteiger partial charge is 0.157 e. The highest BCUT2D eigenvalue weighted by Gasteiger charge is 2.38. The van der Waals surface area contributed by atoms with E-state index in [0.29, 0.717) is 5.75 Å². The topological polar surface area (TPSA) is 69.4 Å². The van der Waals surface area contributed by atoms with Gasteiger partial charge in [-0.05, 0) is 52.9 Å². The monoisotopic (exact) mass is 345 g/mol. The van der Waals surface area contributed by atoms with Crippen molar-refractivity contribution in [1.29, 1.82) is 0 Å². The standard InChI is InChI=1S/C13H16BrNO3S/c14-11-5-9(6-13(15)3-4-13)1-2-12(11)18-10-7-19(16,17)8-10/h1-2,5,10H,3-4,6-8,15H2. The van der Waals surface area contributed by atoms with E-state index in [2.05, 4.69) is 15.9 Å². The number of ether oxygens (including phenoxy) is 1. The second kappa shape index (κ2) is 4.46. The third-order valence-electron chi connectivity index (χ3n) is 3.62. The number of nitrogens with two attached hydrogens (primary N) is 1. The van der Waals surface area contributed by atoms with Crippen LogP contribution in [0, 0.1) is 0 Å². The van der Waals surface area contributed by atoms with Crippen LogP contribution in [0.1, 0.15) is 18.4 Å². The summed E-state index contributed by atoms with van der Waals surface area (Å²) in [5.74, 6) is 0.936. The molecule has 1 heterocycles. The number of benzene rings is 1. The molecule has 2 aliphatic rings. The molecule has 0 radical (unpaired) electrons. The lowest BCUT2D eigenvalue weighted by molar-refractivity contribution is 0.229. The summed E-state index contributed by atoms with van der Waals surface area (Å²) >= 11 is 3.47. The molecule has 0 amide bonds. The normalized spacial score (nSPS) is 23.7. The number of rotatable bonds is 4. The number of hydrogen-bond acceptors (Lipinski definition) is 4. The maximum absolute atomic E-state index is 11.1. The molecule has 0 unspecified atom stereocenters. The summed E-state index contributed by atoms with van der Waals surface area (Å²) in [5, 5.41) is 0. The molecular formula is C13H16BrNO3S. The third-order valence-corrected chi connectivity index (χ3v) is 6.00. The Balaban J connectivity index is 1.66. The van der Waals surface area contributed by atoms with Crippen molar-refractivity contribution in [3.8, 4) is 5.75 Å². The molecule has 1 saturated carbocycles. The molecule has 0 bridgehead atoms. The molecule has 19 heavy (non-hydrogen) atoms. The minimum absolute atomic E-state index is 0.0101. The van der Waals surface area contributed by atoms with E-state index < -0.39 is 9.84 Å². The summed E-state index contributed by atoms with van der Waals surface area (Å²) in [4.78, 5) is 0. The quantitative estimate of drug-likeness (QED) is 0.900.